The van der Waals surface area contributed by atoms with Gasteiger partial charge in [0.1, 0.15) is 5.70 Å². The minimum absolute atomic E-state index is 0.237. The fourth-order valence-corrected chi connectivity index (χ4v) is 4.79. The third-order valence-electron chi connectivity index (χ3n) is 6.58. The van der Waals surface area contributed by atoms with E-state index in [4.69, 9.17) is 0 Å². The molecule has 3 aromatic carbocycles. The van der Waals surface area contributed by atoms with E-state index in [0.717, 1.165) is 31.2 Å². The van der Waals surface area contributed by atoms with Gasteiger partial charge in [-0.3, -0.25) is 9.59 Å². The van der Waals surface area contributed by atoms with Crippen molar-refractivity contribution in [2.45, 2.75) is 39.2 Å². The average Bonchev–Trinajstić information content (AvgIpc) is 3.13. The molecule has 0 N–H and O–H groups in total. The van der Waals surface area contributed by atoms with Gasteiger partial charge in [0, 0.05) is 13.1 Å². The maximum absolute atomic E-state index is 13.8. The molecule has 0 saturated carbocycles. The number of aryl methyl sites for hydroxylation is 1. The van der Waals surface area contributed by atoms with Crippen molar-refractivity contribution in [3.05, 3.63) is 107 Å². The van der Waals surface area contributed by atoms with Crippen molar-refractivity contribution in [2.75, 3.05) is 11.4 Å². The van der Waals surface area contributed by atoms with Gasteiger partial charge < -0.3 is 4.90 Å². The number of nitrogens with zero attached hydrogens (tertiary/aromatic N) is 2. The molecule has 2 aliphatic heterocycles. The summed E-state index contributed by atoms with van der Waals surface area (Å²) in [4.78, 5) is 30.9. The van der Waals surface area contributed by atoms with E-state index in [2.05, 4.69) is 30.0 Å². The maximum Gasteiger partial charge on any atom is 0.282 e. The first kappa shape index (κ1) is 21.2. The van der Waals surface area contributed by atoms with Crippen molar-refractivity contribution in [1.82, 2.24) is 4.90 Å². The number of rotatable bonds is 6. The molecule has 2 heterocycles. The van der Waals surface area contributed by atoms with E-state index in [9.17, 15) is 9.59 Å². The van der Waals surface area contributed by atoms with Crippen LogP contribution in [0.5, 0.6) is 0 Å². The molecular weight excluding hydrogens is 408 g/mol. The number of carbonyl (C=O) groups is 2. The van der Waals surface area contributed by atoms with Gasteiger partial charge in [-0.05, 0) is 53.6 Å². The molecule has 0 atom stereocenters. The normalized spacial score (nSPS) is 15.9. The third kappa shape index (κ3) is 3.97. The second-order valence-corrected chi connectivity index (χ2v) is 8.75. The second kappa shape index (κ2) is 9.07. The molecule has 4 nitrogen and oxygen atoms in total. The number of anilines is 1. The molecule has 2 aliphatic rings. The maximum atomic E-state index is 13.8. The lowest BCUT2D eigenvalue weighted by Crippen LogP contribution is -2.37. The lowest BCUT2D eigenvalue weighted by atomic mass is 9.98. The molecule has 0 aliphatic carbocycles. The molecule has 0 saturated heterocycles. The summed E-state index contributed by atoms with van der Waals surface area (Å²) >= 11 is 0. The van der Waals surface area contributed by atoms with Gasteiger partial charge in [-0.25, -0.2) is 4.90 Å². The molecule has 0 fully saturated rings. The highest BCUT2D eigenvalue weighted by Gasteiger charge is 2.42. The van der Waals surface area contributed by atoms with Crippen molar-refractivity contribution >= 4 is 23.1 Å². The van der Waals surface area contributed by atoms with Crippen molar-refractivity contribution < 1.29 is 9.59 Å². The van der Waals surface area contributed by atoms with Crippen LogP contribution in [-0.4, -0.2) is 23.3 Å². The predicted octanol–water partition coefficient (Wildman–Crippen LogP) is 5.37. The van der Waals surface area contributed by atoms with Gasteiger partial charge in [-0.15, -0.1) is 0 Å². The number of hydrogen-bond acceptors (Lipinski definition) is 3. The molecule has 4 heteroatoms. The van der Waals surface area contributed by atoms with Gasteiger partial charge in [-0.2, -0.15) is 0 Å². The van der Waals surface area contributed by atoms with Gasteiger partial charge in [0.25, 0.3) is 11.8 Å². The zero-order chi connectivity index (χ0) is 22.8. The standard InChI is InChI=1S/C29H28N2O2/c1-2-3-9-21-14-16-25(17-15-21)31-28(32)26(23-11-5-4-6-12-23)27(29(31)33)30-19-18-22-10-7-8-13-24(22)20-30/h4-8,10-17H,2-3,9,18-20H2,1H3. The molecular formula is C29H28N2O2. The number of imide groups is 1. The molecule has 5 rings (SSSR count). The van der Waals surface area contributed by atoms with E-state index >= 15 is 0 Å². The Morgan fingerprint density at radius 1 is 0.788 bits per heavy atom. The molecule has 166 valence electrons. The molecule has 0 unspecified atom stereocenters. The van der Waals surface area contributed by atoms with Crippen LogP contribution in [0.15, 0.2) is 84.6 Å². The quantitative estimate of drug-likeness (QED) is 0.488. The Labute approximate surface area is 195 Å². The lowest BCUT2D eigenvalue weighted by Gasteiger charge is -2.31. The van der Waals surface area contributed by atoms with Crippen LogP contribution in [0.25, 0.3) is 5.57 Å². The number of amides is 2. The van der Waals surface area contributed by atoms with Crippen LogP contribution in [0.4, 0.5) is 5.69 Å². The number of fused-ring (bicyclic) bond motifs is 1. The highest BCUT2D eigenvalue weighted by molar-refractivity contribution is 6.45. The van der Waals surface area contributed by atoms with E-state index < -0.39 is 0 Å². The fourth-order valence-electron chi connectivity index (χ4n) is 4.79. The molecule has 0 spiro atoms. The first-order valence-electron chi connectivity index (χ1n) is 11.8. The summed E-state index contributed by atoms with van der Waals surface area (Å²) in [5, 5.41) is 0. The monoisotopic (exact) mass is 436 g/mol. The van der Waals surface area contributed by atoms with E-state index in [0.29, 0.717) is 30.0 Å². The number of carbonyl (C=O) groups excluding carboxylic acids is 2. The summed E-state index contributed by atoms with van der Waals surface area (Å²) < 4.78 is 0. The topological polar surface area (TPSA) is 40.6 Å². The van der Waals surface area contributed by atoms with Crippen molar-refractivity contribution in [1.29, 1.82) is 0 Å². The van der Waals surface area contributed by atoms with E-state index in [-0.39, 0.29) is 11.8 Å². The minimum Gasteiger partial charge on any atom is -0.362 e. The van der Waals surface area contributed by atoms with Crippen LogP contribution in [0.3, 0.4) is 0 Å². The van der Waals surface area contributed by atoms with E-state index in [1.165, 1.54) is 21.6 Å². The van der Waals surface area contributed by atoms with Gasteiger partial charge >= 0.3 is 0 Å². The highest BCUT2D eigenvalue weighted by atomic mass is 16.2. The average molecular weight is 437 g/mol. The van der Waals surface area contributed by atoms with E-state index in [1.54, 1.807) is 0 Å². The predicted molar refractivity (Wildman–Crippen MR) is 131 cm³/mol. The van der Waals surface area contributed by atoms with Crippen LogP contribution < -0.4 is 4.90 Å². The molecule has 0 aromatic heterocycles. The van der Waals surface area contributed by atoms with Gasteiger partial charge in [0.2, 0.25) is 0 Å². The number of hydrogen-bond donors (Lipinski definition) is 0. The van der Waals surface area contributed by atoms with Crippen LogP contribution in [-0.2, 0) is 29.0 Å². The Morgan fingerprint density at radius 2 is 1.48 bits per heavy atom. The molecule has 2 amide bonds. The summed E-state index contributed by atoms with van der Waals surface area (Å²) in [5.41, 5.74) is 6.17. The van der Waals surface area contributed by atoms with E-state index in [1.807, 2.05) is 60.7 Å². The molecule has 0 radical (unpaired) electrons. The summed E-state index contributed by atoms with van der Waals surface area (Å²) in [6.07, 6.45) is 4.12. The van der Waals surface area contributed by atoms with Crippen LogP contribution >= 0.6 is 0 Å². The third-order valence-corrected chi connectivity index (χ3v) is 6.58. The minimum atomic E-state index is -0.249. The fraction of sp³-hybridized carbons (Fsp3) is 0.241. The summed E-state index contributed by atoms with van der Waals surface area (Å²) in [6.45, 7) is 3.52. The van der Waals surface area contributed by atoms with Crippen LogP contribution in [0.2, 0.25) is 0 Å². The second-order valence-electron chi connectivity index (χ2n) is 8.75. The van der Waals surface area contributed by atoms with Gasteiger partial charge in [0.05, 0.1) is 11.3 Å². The number of unbranched alkanes of at least 4 members (excludes halogenated alkanes) is 1. The Morgan fingerprint density at radius 3 is 2.21 bits per heavy atom. The smallest absolute Gasteiger partial charge is 0.282 e. The lowest BCUT2D eigenvalue weighted by molar-refractivity contribution is -0.120. The van der Waals surface area contributed by atoms with Gasteiger partial charge in [0.15, 0.2) is 0 Å². The SMILES string of the molecule is CCCCc1ccc(N2C(=O)C(c3ccccc3)=C(N3CCc4ccccc4C3)C2=O)cc1. The molecule has 3 aromatic rings. The zero-order valence-electron chi connectivity index (χ0n) is 19.0. The van der Waals surface area contributed by atoms with Crippen LogP contribution in [0.1, 0.15) is 42.0 Å². The van der Waals surface area contributed by atoms with Crippen molar-refractivity contribution in [3.8, 4) is 0 Å². The summed E-state index contributed by atoms with van der Waals surface area (Å²) in [6, 6.07) is 25.8. The number of benzene rings is 3. The van der Waals surface area contributed by atoms with Gasteiger partial charge in [-0.1, -0.05) is 80.1 Å². The molecule has 33 heavy (non-hydrogen) atoms. The first-order valence-corrected chi connectivity index (χ1v) is 11.8. The zero-order valence-corrected chi connectivity index (χ0v) is 19.0. The highest BCUT2D eigenvalue weighted by Crippen LogP contribution is 2.36. The van der Waals surface area contributed by atoms with Crippen molar-refractivity contribution in [2.24, 2.45) is 0 Å². The Balaban J connectivity index is 1.53. The first-order chi connectivity index (χ1) is 16.2. The Bertz CT molecular complexity index is 1210. The Hall–Kier alpha value is -3.66. The Kier molecular flexibility index (Phi) is 5.82. The van der Waals surface area contributed by atoms with Crippen LogP contribution in [0, 0.1) is 0 Å². The summed E-state index contributed by atoms with van der Waals surface area (Å²) in [7, 11) is 0. The summed E-state index contributed by atoms with van der Waals surface area (Å²) in [5.74, 6) is -0.485. The largest absolute Gasteiger partial charge is 0.362 e. The molecule has 0 bridgehead atoms. The van der Waals surface area contributed by atoms with Crippen molar-refractivity contribution in [3.63, 3.8) is 0 Å².